The molecule has 1 saturated carbocycles. The molecule has 0 spiro atoms. The van der Waals surface area contributed by atoms with Crippen LogP contribution in [0.4, 0.5) is 0 Å². The van der Waals surface area contributed by atoms with Crippen LogP contribution in [0, 0.1) is 23.7 Å². The summed E-state index contributed by atoms with van der Waals surface area (Å²) in [6.07, 6.45) is 12.6. The molecule has 0 saturated heterocycles. The predicted molar refractivity (Wildman–Crippen MR) is 71.4 cm³/mol. The van der Waals surface area contributed by atoms with Crippen LogP contribution in [0.1, 0.15) is 65.7 Å². The lowest BCUT2D eigenvalue weighted by atomic mass is 9.64. The highest BCUT2D eigenvalue weighted by Gasteiger charge is 2.34. The second-order valence-electron chi connectivity index (χ2n) is 6.28. The zero-order chi connectivity index (χ0) is 11.5. The summed E-state index contributed by atoms with van der Waals surface area (Å²) >= 11 is 0. The van der Waals surface area contributed by atoms with Crippen LogP contribution in [0.3, 0.4) is 0 Å². The van der Waals surface area contributed by atoms with Crippen molar-refractivity contribution in [3.63, 3.8) is 0 Å². The van der Waals surface area contributed by atoms with E-state index in [1.807, 2.05) is 5.57 Å². The maximum absolute atomic E-state index is 2.62. The number of allylic oxidation sites excluding steroid dienone is 2. The Morgan fingerprint density at radius 1 is 1.25 bits per heavy atom. The molecule has 92 valence electrons. The highest BCUT2D eigenvalue weighted by Crippen LogP contribution is 2.46. The van der Waals surface area contributed by atoms with E-state index in [-0.39, 0.29) is 0 Å². The lowest BCUT2D eigenvalue weighted by Gasteiger charge is -2.41. The average Bonchev–Trinajstić information content (AvgIpc) is 2.28. The average molecular weight is 220 g/mol. The molecular weight excluding hydrogens is 192 g/mol. The van der Waals surface area contributed by atoms with Gasteiger partial charge < -0.3 is 0 Å². The van der Waals surface area contributed by atoms with E-state index in [0.29, 0.717) is 0 Å². The van der Waals surface area contributed by atoms with Crippen LogP contribution >= 0.6 is 0 Å². The minimum absolute atomic E-state index is 0.936. The van der Waals surface area contributed by atoms with Crippen molar-refractivity contribution in [2.75, 3.05) is 0 Å². The maximum Gasteiger partial charge on any atom is -0.0175 e. The van der Waals surface area contributed by atoms with E-state index in [1.54, 1.807) is 0 Å². The van der Waals surface area contributed by atoms with Gasteiger partial charge in [-0.25, -0.2) is 0 Å². The molecule has 2 aliphatic rings. The summed E-state index contributed by atoms with van der Waals surface area (Å²) in [6, 6.07) is 0. The van der Waals surface area contributed by atoms with Crippen molar-refractivity contribution in [1.29, 1.82) is 0 Å². The van der Waals surface area contributed by atoms with Crippen molar-refractivity contribution < 1.29 is 0 Å². The van der Waals surface area contributed by atoms with E-state index in [0.717, 1.165) is 23.7 Å². The Labute approximate surface area is 102 Å². The Morgan fingerprint density at radius 2 is 2.06 bits per heavy atom. The molecule has 0 amide bonds. The molecule has 2 rings (SSSR count). The van der Waals surface area contributed by atoms with Gasteiger partial charge >= 0.3 is 0 Å². The molecule has 0 aromatic carbocycles. The van der Waals surface area contributed by atoms with Crippen molar-refractivity contribution in [3.8, 4) is 0 Å². The largest absolute Gasteiger partial charge is 0.0845 e. The Kier molecular flexibility index (Phi) is 4.10. The van der Waals surface area contributed by atoms with Gasteiger partial charge in [-0.15, -0.1) is 0 Å². The fourth-order valence-electron chi connectivity index (χ4n) is 3.83. The third kappa shape index (κ3) is 2.52. The zero-order valence-corrected chi connectivity index (χ0v) is 11.3. The van der Waals surface area contributed by atoms with Gasteiger partial charge in [0.1, 0.15) is 0 Å². The normalized spacial score (nSPS) is 39.1. The van der Waals surface area contributed by atoms with Crippen molar-refractivity contribution >= 4 is 0 Å². The molecule has 0 aromatic heterocycles. The van der Waals surface area contributed by atoms with Crippen LogP contribution in [0.25, 0.3) is 0 Å². The third-order valence-corrected chi connectivity index (χ3v) is 4.87. The fourth-order valence-corrected chi connectivity index (χ4v) is 3.83. The highest BCUT2D eigenvalue weighted by atomic mass is 14.4. The summed E-state index contributed by atoms with van der Waals surface area (Å²) in [6.45, 7) is 7.23. The summed E-state index contributed by atoms with van der Waals surface area (Å²) < 4.78 is 0. The van der Waals surface area contributed by atoms with Gasteiger partial charge in [0, 0.05) is 0 Å². The molecule has 0 aromatic rings. The third-order valence-electron chi connectivity index (χ3n) is 4.87. The quantitative estimate of drug-likeness (QED) is 0.574. The Bertz CT molecular complexity index is 251. The molecule has 0 bridgehead atoms. The number of rotatable bonds is 3. The van der Waals surface area contributed by atoms with Gasteiger partial charge in [0.05, 0.1) is 0 Å². The van der Waals surface area contributed by atoms with Crippen LogP contribution in [-0.4, -0.2) is 0 Å². The molecule has 0 radical (unpaired) electrons. The molecule has 0 N–H and O–H groups in total. The van der Waals surface area contributed by atoms with Crippen LogP contribution in [-0.2, 0) is 0 Å². The van der Waals surface area contributed by atoms with E-state index in [4.69, 9.17) is 0 Å². The summed E-state index contributed by atoms with van der Waals surface area (Å²) in [7, 11) is 0. The van der Waals surface area contributed by atoms with E-state index in [2.05, 4.69) is 26.8 Å². The molecule has 4 atom stereocenters. The maximum atomic E-state index is 2.62. The van der Waals surface area contributed by atoms with Crippen molar-refractivity contribution in [3.05, 3.63) is 11.6 Å². The first kappa shape index (κ1) is 12.2. The number of unbranched alkanes of at least 4 members (excludes halogenated alkanes) is 1. The van der Waals surface area contributed by atoms with Gasteiger partial charge in [-0.05, 0) is 55.8 Å². The fraction of sp³-hybridized carbons (Fsp3) is 0.875. The lowest BCUT2D eigenvalue weighted by Crippen LogP contribution is -2.29. The van der Waals surface area contributed by atoms with Crippen molar-refractivity contribution in [2.24, 2.45) is 23.7 Å². The van der Waals surface area contributed by atoms with Gasteiger partial charge in [-0.2, -0.15) is 0 Å². The second-order valence-corrected chi connectivity index (χ2v) is 6.28. The van der Waals surface area contributed by atoms with Crippen LogP contribution in [0.2, 0.25) is 0 Å². The van der Waals surface area contributed by atoms with Crippen LogP contribution < -0.4 is 0 Å². The summed E-state index contributed by atoms with van der Waals surface area (Å²) in [5, 5.41) is 0. The molecule has 2 aliphatic carbocycles. The van der Waals surface area contributed by atoms with E-state index in [9.17, 15) is 0 Å². The first-order valence-corrected chi connectivity index (χ1v) is 7.42. The van der Waals surface area contributed by atoms with Gasteiger partial charge in [0.25, 0.3) is 0 Å². The summed E-state index contributed by atoms with van der Waals surface area (Å²) in [4.78, 5) is 0. The zero-order valence-electron chi connectivity index (χ0n) is 11.3. The molecule has 16 heavy (non-hydrogen) atoms. The molecule has 1 fully saturated rings. The molecule has 4 unspecified atom stereocenters. The Balaban J connectivity index is 2.07. The number of fused-ring (bicyclic) bond motifs is 1. The Hall–Kier alpha value is -0.260. The van der Waals surface area contributed by atoms with Gasteiger partial charge in [-0.3, -0.25) is 0 Å². The van der Waals surface area contributed by atoms with Crippen LogP contribution in [0.5, 0.6) is 0 Å². The minimum Gasteiger partial charge on any atom is -0.0845 e. The monoisotopic (exact) mass is 220 g/mol. The van der Waals surface area contributed by atoms with E-state index >= 15 is 0 Å². The van der Waals surface area contributed by atoms with Gasteiger partial charge in [0.15, 0.2) is 0 Å². The molecule has 0 aliphatic heterocycles. The molecule has 0 heteroatoms. The highest BCUT2D eigenvalue weighted by molar-refractivity contribution is 5.18. The number of hydrogen-bond donors (Lipinski definition) is 0. The lowest BCUT2D eigenvalue weighted by molar-refractivity contribution is 0.224. The Morgan fingerprint density at radius 3 is 2.81 bits per heavy atom. The van der Waals surface area contributed by atoms with Gasteiger partial charge in [0.2, 0.25) is 0 Å². The molecular formula is C16H28. The second kappa shape index (κ2) is 5.38. The number of hydrogen-bond acceptors (Lipinski definition) is 0. The predicted octanol–water partition coefficient (Wildman–Crippen LogP) is 5.20. The van der Waals surface area contributed by atoms with E-state index in [1.165, 1.54) is 44.9 Å². The standard InChI is InChI=1S/C16H28/c1-4-5-6-15-13(3)8-9-14-11-12(2)7-10-16(14)15/h10,12-15H,4-9,11H2,1-3H3. The van der Waals surface area contributed by atoms with E-state index < -0.39 is 0 Å². The van der Waals surface area contributed by atoms with Crippen LogP contribution in [0.15, 0.2) is 11.6 Å². The van der Waals surface area contributed by atoms with Crippen molar-refractivity contribution in [1.82, 2.24) is 0 Å². The van der Waals surface area contributed by atoms with Gasteiger partial charge in [-0.1, -0.05) is 45.3 Å². The molecule has 0 heterocycles. The summed E-state index contributed by atoms with van der Waals surface area (Å²) in [5.41, 5.74) is 1.87. The van der Waals surface area contributed by atoms with Crippen molar-refractivity contribution in [2.45, 2.75) is 65.7 Å². The minimum atomic E-state index is 0.936. The summed E-state index contributed by atoms with van der Waals surface area (Å²) in [5.74, 6) is 3.78. The first-order valence-electron chi connectivity index (χ1n) is 7.42. The smallest absolute Gasteiger partial charge is 0.0175 e. The molecule has 0 nitrogen and oxygen atoms in total. The first-order chi connectivity index (χ1) is 7.72. The topological polar surface area (TPSA) is 0 Å². The SMILES string of the molecule is CCCCC1C2=CCC(C)CC2CCC1C.